The van der Waals surface area contributed by atoms with Gasteiger partial charge >= 0.3 is 0 Å². The van der Waals surface area contributed by atoms with Crippen molar-refractivity contribution >= 4 is 24.2 Å². The quantitative estimate of drug-likeness (QED) is 0.453. The van der Waals surface area contributed by atoms with Crippen molar-refractivity contribution in [2.45, 2.75) is 62.0 Å². The molecule has 2 aliphatic rings. The van der Waals surface area contributed by atoms with E-state index < -0.39 is 10.0 Å². The summed E-state index contributed by atoms with van der Waals surface area (Å²) >= 11 is 0. The Bertz CT molecular complexity index is 806. The van der Waals surface area contributed by atoms with Crippen LogP contribution in [0.1, 0.15) is 43.6 Å². The van der Waals surface area contributed by atoms with Crippen LogP contribution in [0.4, 0.5) is 0 Å². The number of piperidine rings is 1. The Hall–Kier alpha value is -1.42. The maximum atomic E-state index is 11.6. The third-order valence-electron chi connectivity index (χ3n) is 5.94. The van der Waals surface area contributed by atoms with Gasteiger partial charge in [-0.2, -0.15) is 0 Å². The van der Waals surface area contributed by atoms with Crippen molar-refractivity contribution in [2.24, 2.45) is 0 Å². The van der Waals surface area contributed by atoms with E-state index >= 15 is 0 Å². The van der Waals surface area contributed by atoms with Crippen LogP contribution in [-0.2, 0) is 19.6 Å². The average Bonchev–Trinajstić information content (AvgIpc) is 2.71. The van der Waals surface area contributed by atoms with Crippen molar-refractivity contribution in [3.63, 3.8) is 0 Å². The van der Waals surface area contributed by atoms with Crippen molar-refractivity contribution < 1.29 is 22.7 Å². The van der Waals surface area contributed by atoms with E-state index in [4.69, 9.17) is 17.3 Å². The summed E-state index contributed by atoms with van der Waals surface area (Å²) in [5.74, 6) is 0.791. The summed E-state index contributed by atoms with van der Waals surface area (Å²) in [5, 5.41) is 3.38. The van der Waals surface area contributed by atoms with Gasteiger partial charge in [0.1, 0.15) is 12.4 Å². The lowest BCUT2D eigenvalue weighted by Crippen LogP contribution is -2.55. The molecule has 2 radical (unpaired) electrons. The van der Waals surface area contributed by atoms with Gasteiger partial charge in [-0.25, -0.2) is 13.1 Å². The molecule has 1 aromatic carbocycles. The number of hydrogen-bond acceptors (Lipinski definition) is 6. The number of carbonyl (C=O) groups excluding carboxylic acids is 1. The summed E-state index contributed by atoms with van der Waals surface area (Å²) < 4.78 is 37.7. The van der Waals surface area contributed by atoms with Gasteiger partial charge in [-0.15, -0.1) is 0 Å². The number of para-hydroxylation sites is 1. The molecule has 0 spiro atoms. The summed E-state index contributed by atoms with van der Waals surface area (Å²) in [6.45, 7) is 1.34. The van der Waals surface area contributed by atoms with E-state index in [1.54, 1.807) is 0 Å². The Kier molecular flexibility index (Phi) is 8.33. The molecular formula is C21H31BN2O5S. The molecule has 9 heteroatoms. The van der Waals surface area contributed by atoms with E-state index in [2.05, 4.69) is 10.0 Å². The first-order chi connectivity index (χ1) is 14.4. The second kappa shape index (κ2) is 10.8. The first kappa shape index (κ1) is 23.3. The fourth-order valence-corrected chi connectivity index (χ4v) is 5.36. The Morgan fingerprint density at radius 3 is 2.80 bits per heavy atom. The highest BCUT2D eigenvalue weighted by Gasteiger charge is 2.32. The summed E-state index contributed by atoms with van der Waals surface area (Å²) in [7, 11) is 3.25. The van der Waals surface area contributed by atoms with E-state index in [-0.39, 0.29) is 36.5 Å². The molecule has 1 aliphatic heterocycles. The highest BCUT2D eigenvalue weighted by atomic mass is 32.2. The van der Waals surface area contributed by atoms with E-state index in [9.17, 15) is 13.2 Å². The van der Waals surface area contributed by atoms with Gasteiger partial charge in [0.2, 0.25) is 10.0 Å². The fourth-order valence-electron chi connectivity index (χ4n) is 4.53. The monoisotopic (exact) mass is 434 g/mol. The van der Waals surface area contributed by atoms with Gasteiger partial charge in [0.15, 0.2) is 6.29 Å². The maximum Gasteiger partial charge on any atom is 0.209 e. The summed E-state index contributed by atoms with van der Waals surface area (Å²) in [5.41, 5.74) is 1.04. The maximum absolute atomic E-state index is 11.6. The molecule has 1 saturated carbocycles. The van der Waals surface area contributed by atoms with Crippen LogP contribution in [0.2, 0.25) is 5.82 Å². The average molecular weight is 434 g/mol. The molecular weight excluding hydrogens is 403 g/mol. The molecule has 2 fully saturated rings. The van der Waals surface area contributed by atoms with Gasteiger partial charge in [0.05, 0.1) is 26.8 Å². The number of aldehydes is 1. The van der Waals surface area contributed by atoms with E-state index in [0.29, 0.717) is 12.4 Å². The lowest BCUT2D eigenvalue weighted by Gasteiger charge is -2.37. The normalized spacial score (nSPS) is 30.0. The molecule has 164 valence electrons. The zero-order valence-corrected chi connectivity index (χ0v) is 18.3. The Balaban J connectivity index is 1.55. The minimum absolute atomic E-state index is 0.0295. The Morgan fingerprint density at radius 2 is 2.07 bits per heavy atom. The Labute approximate surface area is 180 Å². The van der Waals surface area contributed by atoms with Crippen LogP contribution >= 0.6 is 0 Å². The van der Waals surface area contributed by atoms with Gasteiger partial charge in [0, 0.05) is 12.1 Å². The topological polar surface area (TPSA) is 93.7 Å². The standard InChI is InChI=1S/C21H31BN2O5S/c1-30(26,27)24-19-6-4-10-23-20(19)14-29-15-8-9-16(18(22)13-15)17-5-2-3-7-21(17)28-12-11-25/h2-3,5,7,11,15-16,18-20,23-24H,4,6,8-10,12-14H2,1H3/t15-,16-,18?,19+,20+/m1/s1. The molecule has 1 unspecified atom stereocenters. The van der Waals surface area contributed by atoms with Crippen molar-refractivity contribution in [3.05, 3.63) is 29.8 Å². The first-order valence-corrected chi connectivity index (χ1v) is 12.5. The summed E-state index contributed by atoms with van der Waals surface area (Å²) in [6.07, 6.45) is 6.19. The predicted octanol–water partition coefficient (Wildman–Crippen LogP) is 1.54. The highest BCUT2D eigenvalue weighted by Crippen LogP contribution is 2.44. The highest BCUT2D eigenvalue weighted by molar-refractivity contribution is 7.88. The molecule has 1 aliphatic carbocycles. The summed E-state index contributed by atoms with van der Waals surface area (Å²) in [6, 6.07) is 7.54. The lowest BCUT2D eigenvalue weighted by atomic mass is 9.65. The number of hydrogen-bond donors (Lipinski definition) is 2. The van der Waals surface area contributed by atoms with Crippen molar-refractivity contribution in [2.75, 3.05) is 26.0 Å². The van der Waals surface area contributed by atoms with Gasteiger partial charge in [-0.05, 0) is 56.2 Å². The van der Waals surface area contributed by atoms with Crippen LogP contribution in [0, 0.1) is 0 Å². The molecule has 0 bridgehead atoms. The van der Waals surface area contributed by atoms with Crippen LogP contribution in [0.15, 0.2) is 24.3 Å². The van der Waals surface area contributed by atoms with Gasteiger partial charge in [0.25, 0.3) is 0 Å². The molecule has 7 nitrogen and oxygen atoms in total. The van der Waals surface area contributed by atoms with E-state index in [1.165, 1.54) is 6.26 Å². The van der Waals surface area contributed by atoms with Crippen molar-refractivity contribution in [3.8, 4) is 5.75 Å². The van der Waals surface area contributed by atoms with E-state index in [0.717, 1.165) is 50.5 Å². The SMILES string of the molecule is [B]C1C[C@H](OC[C@@H]2NCCC[C@@H]2NS(C)(=O)=O)CC[C@@H]1c1ccccc1OCC=O. The fraction of sp³-hybridized carbons (Fsp3) is 0.667. The third kappa shape index (κ3) is 6.54. The van der Waals surface area contributed by atoms with Gasteiger partial charge in [-0.1, -0.05) is 24.0 Å². The van der Waals surface area contributed by atoms with E-state index in [1.807, 2.05) is 24.3 Å². The molecule has 2 N–H and O–H groups in total. The molecule has 1 saturated heterocycles. The summed E-state index contributed by atoms with van der Waals surface area (Å²) in [4.78, 5) is 10.7. The number of rotatable bonds is 9. The minimum atomic E-state index is -3.26. The molecule has 3 rings (SSSR count). The molecule has 1 aromatic rings. The number of benzene rings is 1. The third-order valence-corrected chi connectivity index (χ3v) is 6.67. The van der Waals surface area contributed by atoms with Crippen LogP contribution in [0.5, 0.6) is 5.75 Å². The molecule has 0 aromatic heterocycles. The first-order valence-electron chi connectivity index (χ1n) is 10.6. The second-order valence-corrected chi connectivity index (χ2v) is 10.0. The minimum Gasteiger partial charge on any atom is -0.486 e. The number of ether oxygens (including phenoxy) is 2. The van der Waals surface area contributed by atoms with Gasteiger partial charge in [-0.3, -0.25) is 4.79 Å². The molecule has 5 atom stereocenters. The zero-order valence-electron chi connectivity index (χ0n) is 17.5. The second-order valence-electron chi connectivity index (χ2n) is 8.25. The largest absolute Gasteiger partial charge is 0.486 e. The smallest absolute Gasteiger partial charge is 0.209 e. The van der Waals surface area contributed by atoms with Crippen LogP contribution in [0.25, 0.3) is 0 Å². The number of nitrogens with one attached hydrogen (secondary N) is 2. The van der Waals surface area contributed by atoms with Gasteiger partial charge < -0.3 is 14.8 Å². The molecule has 1 heterocycles. The number of carbonyl (C=O) groups is 1. The van der Waals surface area contributed by atoms with Crippen LogP contribution in [0.3, 0.4) is 0 Å². The van der Waals surface area contributed by atoms with Crippen LogP contribution < -0.4 is 14.8 Å². The number of sulfonamides is 1. The van der Waals surface area contributed by atoms with Crippen LogP contribution in [-0.4, -0.2) is 66.8 Å². The predicted molar refractivity (Wildman–Crippen MR) is 117 cm³/mol. The molecule has 0 amide bonds. The molecule has 30 heavy (non-hydrogen) atoms. The lowest BCUT2D eigenvalue weighted by molar-refractivity contribution is -0.109. The van der Waals surface area contributed by atoms with Crippen molar-refractivity contribution in [1.82, 2.24) is 10.0 Å². The Morgan fingerprint density at radius 1 is 1.27 bits per heavy atom. The van der Waals surface area contributed by atoms with Crippen molar-refractivity contribution in [1.29, 1.82) is 0 Å². The zero-order chi connectivity index (χ0) is 21.6.